The van der Waals surface area contributed by atoms with Crippen molar-refractivity contribution in [2.45, 2.75) is 50.3 Å². The molecule has 0 spiro atoms. The first-order valence-corrected chi connectivity index (χ1v) is 5.28. The Kier molecular flexibility index (Phi) is 1.50. The van der Waals surface area contributed by atoms with Gasteiger partial charge < -0.3 is 5.11 Å². The minimum absolute atomic E-state index is 0.0133. The first-order valence-electron chi connectivity index (χ1n) is 5.28. The summed E-state index contributed by atoms with van der Waals surface area (Å²) in [6.07, 6.45) is 6.31. The lowest BCUT2D eigenvalue weighted by Crippen LogP contribution is -2.47. The van der Waals surface area contributed by atoms with Gasteiger partial charge in [0.1, 0.15) is 0 Å². The monoisotopic (exact) mass is 167 g/mol. The predicted octanol–water partition coefficient (Wildman–Crippen LogP) is 0.994. The molecule has 0 aliphatic carbocycles. The van der Waals surface area contributed by atoms with Crippen LogP contribution in [0.1, 0.15) is 32.1 Å². The highest BCUT2D eigenvalue weighted by Crippen LogP contribution is 2.44. The smallest absolute Gasteiger partial charge is 0.0570 e. The van der Waals surface area contributed by atoms with Gasteiger partial charge >= 0.3 is 0 Å². The Morgan fingerprint density at radius 2 is 2.08 bits per heavy atom. The molecule has 3 rings (SSSR count). The van der Waals surface area contributed by atoms with E-state index in [9.17, 15) is 5.11 Å². The molecule has 0 saturated carbocycles. The van der Waals surface area contributed by atoms with Crippen LogP contribution in [0.2, 0.25) is 0 Å². The molecule has 2 nitrogen and oxygen atoms in total. The molecule has 0 amide bonds. The fraction of sp³-hybridized carbons (Fsp3) is 1.00. The Morgan fingerprint density at radius 1 is 1.17 bits per heavy atom. The van der Waals surface area contributed by atoms with Gasteiger partial charge in [0.2, 0.25) is 0 Å². The van der Waals surface area contributed by atoms with Crippen LogP contribution in [0.25, 0.3) is 0 Å². The van der Waals surface area contributed by atoms with Gasteiger partial charge in [0.05, 0.1) is 6.10 Å². The lowest BCUT2D eigenvalue weighted by molar-refractivity contribution is 0.0169. The van der Waals surface area contributed by atoms with Crippen molar-refractivity contribution in [1.82, 2.24) is 4.90 Å². The molecular weight excluding hydrogens is 150 g/mol. The average molecular weight is 167 g/mol. The maximum Gasteiger partial charge on any atom is 0.0570 e. The van der Waals surface area contributed by atoms with Crippen LogP contribution in [-0.4, -0.2) is 34.7 Å². The highest BCUT2D eigenvalue weighted by Gasteiger charge is 2.47. The summed E-state index contributed by atoms with van der Waals surface area (Å²) in [6, 6.07) is 1.50. The number of rotatable bonds is 0. The van der Waals surface area contributed by atoms with E-state index in [0.717, 1.165) is 30.8 Å². The zero-order valence-corrected chi connectivity index (χ0v) is 7.45. The van der Waals surface area contributed by atoms with Crippen LogP contribution in [-0.2, 0) is 0 Å². The van der Waals surface area contributed by atoms with Crippen molar-refractivity contribution >= 4 is 0 Å². The number of aliphatic hydroxyl groups is 1. The van der Waals surface area contributed by atoms with Crippen LogP contribution in [0.5, 0.6) is 0 Å². The van der Waals surface area contributed by atoms with Crippen LogP contribution in [0.15, 0.2) is 0 Å². The molecule has 0 aromatic carbocycles. The summed E-state index contributed by atoms with van der Waals surface area (Å²) < 4.78 is 0. The Morgan fingerprint density at radius 3 is 3.00 bits per heavy atom. The number of nitrogens with zero attached hydrogens (tertiary/aromatic N) is 1. The van der Waals surface area contributed by atoms with Crippen molar-refractivity contribution < 1.29 is 5.11 Å². The van der Waals surface area contributed by atoms with Gasteiger partial charge in [-0.05, 0) is 44.6 Å². The first kappa shape index (κ1) is 7.34. The number of aliphatic hydroxyl groups excluding tert-OH is 1. The average Bonchev–Trinajstić information content (AvgIpc) is 2.26. The Bertz CT molecular complexity index is 194. The maximum absolute atomic E-state index is 9.62. The Hall–Kier alpha value is -0.0800. The lowest BCUT2D eigenvalue weighted by atomic mass is 9.89. The largest absolute Gasteiger partial charge is 0.393 e. The molecule has 3 heterocycles. The molecule has 1 unspecified atom stereocenters. The second-order valence-electron chi connectivity index (χ2n) is 4.72. The van der Waals surface area contributed by atoms with Gasteiger partial charge in [0.15, 0.2) is 0 Å². The maximum atomic E-state index is 9.62. The summed E-state index contributed by atoms with van der Waals surface area (Å²) in [4.78, 5) is 2.67. The fourth-order valence-electron chi connectivity index (χ4n) is 3.63. The van der Waals surface area contributed by atoms with Gasteiger partial charge in [-0.2, -0.15) is 0 Å². The van der Waals surface area contributed by atoms with Gasteiger partial charge in [-0.3, -0.25) is 4.90 Å². The van der Waals surface area contributed by atoms with Crippen molar-refractivity contribution in [1.29, 1.82) is 0 Å². The van der Waals surface area contributed by atoms with E-state index in [1.54, 1.807) is 0 Å². The van der Waals surface area contributed by atoms with E-state index in [-0.39, 0.29) is 6.10 Å². The third-order valence-corrected chi connectivity index (χ3v) is 4.06. The van der Waals surface area contributed by atoms with E-state index >= 15 is 0 Å². The summed E-state index contributed by atoms with van der Waals surface area (Å²) in [7, 11) is 0. The molecule has 3 fully saturated rings. The molecule has 3 aliphatic rings. The van der Waals surface area contributed by atoms with Crippen LogP contribution in [0, 0.1) is 5.92 Å². The third kappa shape index (κ3) is 0.882. The molecule has 3 aliphatic heterocycles. The zero-order valence-electron chi connectivity index (χ0n) is 7.45. The zero-order chi connectivity index (χ0) is 8.13. The molecule has 0 aromatic rings. The van der Waals surface area contributed by atoms with Crippen molar-refractivity contribution in [2.75, 3.05) is 6.54 Å². The number of hydrogen-bond acceptors (Lipinski definition) is 2. The van der Waals surface area contributed by atoms with Crippen LogP contribution < -0.4 is 0 Å². The minimum Gasteiger partial charge on any atom is -0.393 e. The van der Waals surface area contributed by atoms with Crippen molar-refractivity contribution in [3.8, 4) is 0 Å². The Labute approximate surface area is 73.6 Å². The molecule has 4 bridgehead atoms. The number of piperidine rings is 2. The summed E-state index contributed by atoms with van der Waals surface area (Å²) in [5.41, 5.74) is 0. The normalized spacial score (nSPS) is 57.2. The van der Waals surface area contributed by atoms with Crippen molar-refractivity contribution in [3.63, 3.8) is 0 Å². The van der Waals surface area contributed by atoms with E-state index in [1.807, 2.05) is 0 Å². The van der Waals surface area contributed by atoms with E-state index in [2.05, 4.69) is 4.90 Å². The summed E-state index contributed by atoms with van der Waals surface area (Å²) in [5, 5.41) is 9.62. The van der Waals surface area contributed by atoms with Crippen LogP contribution in [0.4, 0.5) is 0 Å². The van der Waals surface area contributed by atoms with E-state index in [4.69, 9.17) is 0 Å². The summed E-state index contributed by atoms with van der Waals surface area (Å²) >= 11 is 0. The molecular formula is C10H17NO. The molecule has 1 N–H and O–H groups in total. The van der Waals surface area contributed by atoms with Gasteiger partial charge in [-0.25, -0.2) is 0 Å². The van der Waals surface area contributed by atoms with Crippen LogP contribution >= 0.6 is 0 Å². The molecule has 0 aromatic heterocycles. The first-order chi connectivity index (χ1) is 5.84. The summed E-state index contributed by atoms with van der Waals surface area (Å²) in [6.45, 7) is 1.30. The SMILES string of the molecule is O[C@@H]1C[C@@H]2C[C@@H]3CCCN2[C@@H]3C1. The third-order valence-electron chi connectivity index (χ3n) is 4.06. The fourth-order valence-corrected chi connectivity index (χ4v) is 3.63. The molecule has 12 heavy (non-hydrogen) atoms. The molecule has 0 radical (unpaired) electrons. The highest BCUT2D eigenvalue weighted by molar-refractivity contribution is 5.02. The van der Waals surface area contributed by atoms with Gasteiger partial charge in [0, 0.05) is 12.1 Å². The lowest BCUT2D eigenvalue weighted by Gasteiger charge is -2.40. The second kappa shape index (κ2) is 2.46. The minimum atomic E-state index is 0.0133. The summed E-state index contributed by atoms with van der Waals surface area (Å²) in [5.74, 6) is 0.931. The molecule has 5 atom stereocenters. The van der Waals surface area contributed by atoms with Crippen LogP contribution in [0.3, 0.4) is 0 Å². The molecule has 68 valence electrons. The van der Waals surface area contributed by atoms with Gasteiger partial charge in [-0.1, -0.05) is 0 Å². The Balaban J connectivity index is 1.87. The standard InChI is InChI=1S/C10H17NO/c12-9-5-8-4-7-2-1-3-11(8)10(7)6-9/h7-10,12H,1-6H2/t7-,8-,9+,10+/m0/s1. The molecule has 2 heteroatoms. The quantitative estimate of drug-likeness (QED) is 0.581. The van der Waals surface area contributed by atoms with Crippen molar-refractivity contribution in [2.24, 2.45) is 5.92 Å². The topological polar surface area (TPSA) is 23.5 Å². The second-order valence-corrected chi connectivity index (χ2v) is 4.72. The van der Waals surface area contributed by atoms with Crippen molar-refractivity contribution in [3.05, 3.63) is 0 Å². The van der Waals surface area contributed by atoms with Gasteiger partial charge in [0.25, 0.3) is 0 Å². The highest BCUT2D eigenvalue weighted by atomic mass is 16.3. The predicted molar refractivity (Wildman–Crippen MR) is 46.9 cm³/mol. The van der Waals surface area contributed by atoms with E-state index in [1.165, 1.54) is 25.8 Å². The number of hydrogen-bond donors (Lipinski definition) is 1. The van der Waals surface area contributed by atoms with E-state index in [0.29, 0.717) is 0 Å². The molecule has 3 saturated heterocycles. The van der Waals surface area contributed by atoms with E-state index < -0.39 is 0 Å². The van der Waals surface area contributed by atoms with Gasteiger partial charge in [-0.15, -0.1) is 0 Å².